The molecular weight excluding hydrogens is 216 g/mol. The second-order valence-electron chi connectivity index (χ2n) is 4.43. The molecule has 0 aliphatic rings. The number of hydroxylamine groups is 1. The van der Waals surface area contributed by atoms with Gasteiger partial charge in [-0.05, 0) is 6.92 Å². The molecule has 0 radical (unpaired) electrons. The van der Waals surface area contributed by atoms with Crippen molar-refractivity contribution in [3.05, 3.63) is 12.2 Å². The smallest absolute Gasteiger partial charge is 0.351 e. The number of nitrogens with one attached hydrogen (secondary N) is 1. The normalized spacial score (nSPS) is 10.4. The van der Waals surface area contributed by atoms with Crippen LogP contribution in [0.2, 0.25) is 0 Å². The molecule has 0 aromatic carbocycles. The van der Waals surface area contributed by atoms with Gasteiger partial charge in [-0.15, -0.1) is 0 Å². The highest BCUT2D eigenvalue weighted by molar-refractivity contribution is 5.86. The second kappa shape index (κ2) is 7.68. The van der Waals surface area contributed by atoms with E-state index in [0.29, 0.717) is 12.1 Å². The molecule has 0 heterocycles. The Morgan fingerprint density at radius 2 is 1.93 bits per heavy atom. The quantitative estimate of drug-likeness (QED) is 0.244. The Kier molecular flexibility index (Phi) is 8.62. The SMILES string of the molecule is C=C(C)C(=O)ONCCC[N+](C)(C)C.[Cl-]. The van der Waals surface area contributed by atoms with E-state index in [2.05, 4.69) is 33.2 Å². The van der Waals surface area contributed by atoms with Crippen molar-refractivity contribution in [2.45, 2.75) is 13.3 Å². The maximum atomic E-state index is 10.9. The Bertz CT molecular complexity index is 212. The summed E-state index contributed by atoms with van der Waals surface area (Å²) in [7, 11) is 6.37. The number of hydrogen-bond acceptors (Lipinski definition) is 3. The summed E-state index contributed by atoms with van der Waals surface area (Å²) in [4.78, 5) is 15.6. The van der Waals surface area contributed by atoms with E-state index in [4.69, 9.17) is 4.84 Å². The van der Waals surface area contributed by atoms with Gasteiger partial charge in [0.2, 0.25) is 0 Å². The highest BCUT2D eigenvalue weighted by Crippen LogP contribution is 1.93. The van der Waals surface area contributed by atoms with E-state index in [1.807, 2.05) is 0 Å². The molecule has 0 aromatic heterocycles. The number of carbonyl (C=O) groups excluding carboxylic acids is 1. The second-order valence-corrected chi connectivity index (χ2v) is 4.43. The average molecular weight is 237 g/mol. The summed E-state index contributed by atoms with van der Waals surface area (Å²) in [6.45, 7) is 6.81. The first kappa shape index (κ1) is 16.8. The Balaban J connectivity index is 0. The van der Waals surface area contributed by atoms with Gasteiger partial charge in [0, 0.05) is 18.5 Å². The van der Waals surface area contributed by atoms with Crippen LogP contribution in [0.3, 0.4) is 0 Å². The number of rotatable bonds is 6. The van der Waals surface area contributed by atoms with E-state index < -0.39 is 5.97 Å². The van der Waals surface area contributed by atoms with Crippen molar-refractivity contribution in [2.24, 2.45) is 0 Å². The molecule has 4 nitrogen and oxygen atoms in total. The molecule has 0 aromatic rings. The molecule has 0 fully saturated rings. The minimum Gasteiger partial charge on any atom is -1.00 e. The summed E-state index contributed by atoms with van der Waals surface area (Å²) in [5.74, 6) is -0.393. The monoisotopic (exact) mass is 236 g/mol. The lowest BCUT2D eigenvalue weighted by Crippen LogP contribution is -3.00. The van der Waals surface area contributed by atoms with Crippen LogP contribution in [-0.4, -0.2) is 44.7 Å². The number of halogens is 1. The Morgan fingerprint density at radius 3 is 2.33 bits per heavy atom. The largest absolute Gasteiger partial charge is 1.00 e. The van der Waals surface area contributed by atoms with E-state index in [-0.39, 0.29) is 12.4 Å². The molecule has 0 amide bonds. The van der Waals surface area contributed by atoms with Crippen LogP contribution in [0.15, 0.2) is 12.2 Å². The van der Waals surface area contributed by atoms with Gasteiger partial charge in [-0.1, -0.05) is 6.58 Å². The summed E-state index contributed by atoms with van der Waals surface area (Å²) in [5, 5.41) is 0. The van der Waals surface area contributed by atoms with Gasteiger partial charge in [-0.3, -0.25) is 0 Å². The van der Waals surface area contributed by atoms with Crippen molar-refractivity contribution in [1.82, 2.24) is 5.48 Å². The first-order valence-electron chi connectivity index (χ1n) is 4.73. The molecule has 0 aliphatic heterocycles. The van der Waals surface area contributed by atoms with Crippen molar-refractivity contribution in [3.63, 3.8) is 0 Å². The molecule has 0 atom stereocenters. The first-order chi connectivity index (χ1) is 6.33. The molecule has 5 heteroatoms. The van der Waals surface area contributed by atoms with Crippen LogP contribution in [0, 0.1) is 0 Å². The zero-order valence-corrected chi connectivity index (χ0v) is 10.7. The van der Waals surface area contributed by atoms with Crippen LogP contribution < -0.4 is 17.9 Å². The van der Waals surface area contributed by atoms with E-state index in [0.717, 1.165) is 17.4 Å². The van der Waals surface area contributed by atoms with Crippen LogP contribution in [0.25, 0.3) is 0 Å². The third-order valence-corrected chi connectivity index (χ3v) is 1.62. The lowest BCUT2D eigenvalue weighted by atomic mass is 10.4. The number of carbonyl (C=O) groups is 1. The third-order valence-electron chi connectivity index (χ3n) is 1.62. The average Bonchev–Trinajstić information content (AvgIpc) is 2.01. The molecule has 0 rings (SSSR count). The fraction of sp³-hybridized carbons (Fsp3) is 0.700. The summed E-state index contributed by atoms with van der Waals surface area (Å²) < 4.78 is 0.913. The minimum atomic E-state index is -0.393. The van der Waals surface area contributed by atoms with Gasteiger partial charge in [0.15, 0.2) is 0 Å². The molecule has 0 unspecified atom stereocenters. The molecule has 1 N–H and O–H groups in total. The number of hydrogen-bond donors (Lipinski definition) is 1. The fourth-order valence-electron chi connectivity index (χ4n) is 0.829. The molecule has 0 saturated heterocycles. The molecule has 90 valence electrons. The lowest BCUT2D eigenvalue weighted by Gasteiger charge is -2.23. The maximum Gasteiger partial charge on any atom is 0.351 e. The topological polar surface area (TPSA) is 38.3 Å². The van der Waals surface area contributed by atoms with Crippen molar-refractivity contribution in [1.29, 1.82) is 0 Å². The number of quaternary nitrogens is 1. The zero-order valence-electron chi connectivity index (χ0n) is 9.97. The van der Waals surface area contributed by atoms with E-state index in [9.17, 15) is 4.79 Å². The molecule has 0 spiro atoms. The predicted molar refractivity (Wildman–Crippen MR) is 56.4 cm³/mol. The third kappa shape index (κ3) is 11.3. The standard InChI is InChI=1S/C10H21N2O2.ClH/c1-9(2)10(13)14-11-7-6-8-12(3,4)5;/h11H,1,6-8H2,2-5H3;1H/q+1;/p-1. The van der Waals surface area contributed by atoms with E-state index in [1.54, 1.807) is 6.92 Å². The highest BCUT2D eigenvalue weighted by Gasteiger charge is 2.06. The summed E-state index contributed by atoms with van der Waals surface area (Å²) >= 11 is 0. The van der Waals surface area contributed by atoms with Crippen LogP contribution in [0.4, 0.5) is 0 Å². The predicted octanol–water partition coefficient (Wildman–Crippen LogP) is -2.29. The van der Waals surface area contributed by atoms with Gasteiger partial charge in [-0.2, -0.15) is 5.48 Å². The van der Waals surface area contributed by atoms with Gasteiger partial charge in [0.25, 0.3) is 0 Å². The Morgan fingerprint density at radius 1 is 1.40 bits per heavy atom. The van der Waals surface area contributed by atoms with Crippen LogP contribution >= 0.6 is 0 Å². The summed E-state index contributed by atoms with van der Waals surface area (Å²) in [6, 6.07) is 0. The van der Waals surface area contributed by atoms with Crippen molar-refractivity contribution >= 4 is 5.97 Å². The molecule has 0 bridgehead atoms. The maximum absolute atomic E-state index is 10.9. The van der Waals surface area contributed by atoms with Crippen molar-refractivity contribution < 1.29 is 26.5 Å². The molecule has 0 saturated carbocycles. The number of nitrogens with zero attached hydrogens (tertiary/aromatic N) is 1. The zero-order chi connectivity index (χ0) is 11.2. The van der Waals surface area contributed by atoms with Crippen LogP contribution in [-0.2, 0) is 9.63 Å². The van der Waals surface area contributed by atoms with Gasteiger partial charge in [-0.25, -0.2) is 4.79 Å². The first-order valence-corrected chi connectivity index (χ1v) is 4.73. The Hall–Kier alpha value is -0.580. The summed E-state index contributed by atoms with van der Waals surface area (Å²) in [6.07, 6.45) is 0.965. The van der Waals surface area contributed by atoms with E-state index >= 15 is 0 Å². The van der Waals surface area contributed by atoms with Gasteiger partial charge in [0.05, 0.1) is 27.7 Å². The Labute approximate surface area is 98.2 Å². The lowest BCUT2D eigenvalue weighted by molar-refractivity contribution is -0.870. The highest BCUT2D eigenvalue weighted by atomic mass is 35.5. The van der Waals surface area contributed by atoms with E-state index in [1.165, 1.54) is 0 Å². The molecule has 0 aliphatic carbocycles. The van der Waals surface area contributed by atoms with Crippen LogP contribution in [0.1, 0.15) is 13.3 Å². The van der Waals surface area contributed by atoms with Crippen LogP contribution in [0.5, 0.6) is 0 Å². The van der Waals surface area contributed by atoms with Gasteiger partial charge < -0.3 is 21.7 Å². The van der Waals surface area contributed by atoms with Gasteiger partial charge >= 0.3 is 5.97 Å². The van der Waals surface area contributed by atoms with Gasteiger partial charge in [0.1, 0.15) is 0 Å². The van der Waals surface area contributed by atoms with Crippen molar-refractivity contribution in [3.8, 4) is 0 Å². The fourth-order valence-corrected chi connectivity index (χ4v) is 0.829. The molecule has 15 heavy (non-hydrogen) atoms. The van der Waals surface area contributed by atoms with Crippen molar-refractivity contribution in [2.75, 3.05) is 34.2 Å². The summed E-state index contributed by atoms with van der Waals surface area (Å²) in [5.41, 5.74) is 3.03. The minimum absolute atomic E-state index is 0. The molecular formula is C10H21ClN2O2.